The van der Waals surface area contributed by atoms with E-state index in [1.54, 1.807) is 0 Å². The summed E-state index contributed by atoms with van der Waals surface area (Å²) in [6.07, 6.45) is 33.5. The van der Waals surface area contributed by atoms with E-state index in [2.05, 4.69) is 27.7 Å². The molecule has 0 aliphatic carbocycles. The van der Waals surface area contributed by atoms with Crippen LogP contribution in [0.1, 0.15) is 175 Å². The van der Waals surface area contributed by atoms with Gasteiger partial charge in [-0.3, -0.25) is 0 Å². The van der Waals surface area contributed by atoms with Gasteiger partial charge in [-0.2, -0.15) is 0 Å². The highest BCUT2D eigenvalue weighted by Gasteiger charge is 2.16. The van der Waals surface area contributed by atoms with Crippen molar-refractivity contribution in [2.24, 2.45) is 5.41 Å². The Hall–Kier alpha value is 0. The molecule has 0 N–H and O–H groups in total. The smallest absolute Gasteiger partial charge is 0.0354 e. The van der Waals surface area contributed by atoms with Crippen LogP contribution < -0.4 is 0 Å². The molecule has 0 bridgehead atoms. The van der Waals surface area contributed by atoms with Crippen molar-refractivity contribution in [2.45, 2.75) is 175 Å². The van der Waals surface area contributed by atoms with Gasteiger partial charge in [-0.05, 0) is 18.3 Å². The van der Waals surface area contributed by atoms with E-state index in [4.69, 9.17) is 0 Å². The van der Waals surface area contributed by atoms with E-state index in [0.717, 1.165) is 0 Å². The molecule has 0 aromatic rings. The molecular weight excluding hydrogens is 336 g/mol. The third kappa shape index (κ3) is 22.3. The Kier molecular flexibility index (Phi) is 21.7. The summed E-state index contributed by atoms with van der Waals surface area (Å²) in [6, 6.07) is 0. The van der Waals surface area contributed by atoms with Gasteiger partial charge in [0.05, 0.1) is 0 Å². The number of hydrogen-bond donors (Lipinski definition) is 0. The molecule has 0 aliphatic heterocycles. The average molecular weight is 395 g/mol. The van der Waals surface area contributed by atoms with Gasteiger partial charge < -0.3 is 0 Å². The van der Waals surface area contributed by atoms with Crippen LogP contribution >= 0.6 is 0 Å². The molecule has 0 atom stereocenters. The molecular formula is C28H58. The van der Waals surface area contributed by atoms with E-state index in [1.165, 1.54) is 148 Å². The van der Waals surface area contributed by atoms with Crippen molar-refractivity contribution in [2.75, 3.05) is 0 Å². The summed E-state index contributed by atoms with van der Waals surface area (Å²) < 4.78 is 0. The largest absolute Gasteiger partial charge is 0.0654 e. The second-order valence-electron chi connectivity index (χ2n) is 10.4. The number of unbranched alkanes of at least 4 members (excludes halogenated alkanes) is 19. The fourth-order valence-electron chi connectivity index (χ4n) is 4.48. The summed E-state index contributed by atoms with van der Waals surface area (Å²) in [5.41, 5.74) is 0.584. The lowest BCUT2D eigenvalue weighted by molar-refractivity contribution is 0.282. The molecule has 0 amide bonds. The molecule has 0 radical (unpaired) electrons. The van der Waals surface area contributed by atoms with Gasteiger partial charge in [0, 0.05) is 0 Å². The monoisotopic (exact) mass is 394 g/mol. The Morgan fingerprint density at radius 2 is 0.536 bits per heavy atom. The zero-order chi connectivity index (χ0) is 20.8. The molecule has 0 saturated carbocycles. The molecule has 0 rings (SSSR count). The topological polar surface area (TPSA) is 0 Å². The van der Waals surface area contributed by atoms with Crippen molar-refractivity contribution < 1.29 is 0 Å². The maximum atomic E-state index is 2.51. The molecule has 0 heterocycles. The Morgan fingerprint density at radius 1 is 0.321 bits per heavy atom. The standard InChI is InChI=1S/C28H58/c1-5-7-9-11-13-14-15-16-17-18-19-21-23-25-27-28(3,4)26-24-22-20-12-10-8-6-2/h5-27H2,1-4H3. The summed E-state index contributed by atoms with van der Waals surface area (Å²) in [7, 11) is 0. The second-order valence-corrected chi connectivity index (χ2v) is 10.4. The normalized spacial score (nSPS) is 12.0. The summed E-state index contributed by atoms with van der Waals surface area (Å²) in [5, 5.41) is 0. The SMILES string of the molecule is CCCCCCCCCCCCCCCCC(C)(C)CCCCCCCCC. The Morgan fingerprint density at radius 3 is 0.786 bits per heavy atom. The van der Waals surface area contributed by atoms with Crippen LogP contribution in [0.25, 0.3) is 0 Å². The van der Waals surface area contributed by atoms with E-state index in [-0.39, 0.29) is 0 Å². The van der Waals surface area contributed by atoms with Gasteiger partial charge >= 0.3 is 0 Å². The fourth-order valence-corrected chi connectivity index (χ4v) is 4.48. The first-order chi connectivity index (χ1) is 13.6. The van der Waals surface area contributed by atoms with Crippen LogP contribution in [0.5, 0.6) is 0 Å². The molecule has 0 spiro atoms. The fraction of sp³-hybridized carbons (Fsp3) is 1.00. The summed E-state index contributed by atoms with van der Waals surface area (Å²) in [4.78, 5) is 0. The van der Waals surface area contributed by atoms with E-state index in [9.17, 15) is 0 Å². The van der Waals surface area contributed by atoms with Gasteiger partial charge in [0.25, 0.3) is 0 Å². The molecule has 0 aliphatic rings. The van der Waals surface area contributed by atoms with Crippen LogP contribution in [-0.4, -0.2) is 0 Å². The van der Waals surface area contributed by atoms with E-state index >= 15 is 0 Å². The van der Waals surface area contributed by atoms with Gasteiger partial charge in [0.1, 0.15) is 0 Å². The molecule has 0 aromatic carbocycles. The minimum absolute atomic E-state index is 0.584. The summed E-state index contributed by atoms with van der Waals surface area (Å²) in [6.45, 7) is 9.62. The molecule has 170 valence electrons. The number of hydrogen-bond acceptors (Lipinski definition) is 0. The molecule has 0 nitrogen and oxygen atoms in total. The van der Waals surface area contributed by atoms with Crippen LogP contribution in [0.4, 0.5) is 0 Å². The maximum absolute atomic E-state index is 2.51. The molecule has 0 unspecified atom stereocenters. The zero-order valence-corrected chi connectivity index (χ0v) is 20.8. The maximum Gasteiger partial charge on any atom is -0.0354 e. The molecule has 0 fully saturated rings. The highest BCUT2D eigenvalue weighted by Crippen LogP contribution is 2.30. The lowest BCUT2D eigenvalue weighted by Gasteiger charge is -2.24. The quantitative estimate of drug-likeness (QED) is 0.151. The van der Waals surface area contributed by atoms with Gasteiger partial charge in [0.15, 0.2) is 0 Å². The van der Waals surface area contributed by atoms with Crippen molar-refractivity contribution >= 4 is 0 Å². The first-order valence-corrected chi connectivity index (χ1v) is 13.6. The molecule has 0 saturated heterocycles. The first-order valence-electron chi connectivity index (χ1n) is 13.6. The van der Waals surface area contributed by atoms with Crippen molar-refractivity contribution in [1.82, 2.24) is 0 Å². The van der Waals surface area contributed by atoms with Crippen LogP contribution in [0.15, 0.2) is 0 Å². The Labute approximate surface area is 181 Å². The highest BCUT2D eigenvalue weighted by molar-refractivity contribution is 4.68. The first kappa shape index (κ1) is 28.0. The lowest BCUT2D eigenvalue weighted by atomic mass is 9.82. The van der Waals surface area contributed by atoms with Crippen molar-refractivity contribution in [1.29, 1.82) is 0 Å². The van der Waals surface area contributed by atoms with E-state index in [1.807, 2.05) is 0 Å². The molecule has 0 aromatic heterocycles. The highest BCUT2D eigenvalue weighted by atomic mass is 14.2. The molecule has 0 heteroatoms. The van der Waals surface area contributed by atoms with Crippen LogP contribution in [0, 0.1) is 5.41 Å². The Balaban J connectivity index is 3.27. The number of rotatable bonds is 23. The average Bonchev–Trinajstić information content (AvgIpc) is 2.67. The predicted molar refractivity (Wildman–Crippen MR) is 131 cm³/mol. The van der Waals surface area contributed by atoms with E-state index in [0.29, 0.717) is 5.41 Å². The summed E-state index contributed by atoms with van der Waals surface area (Å²) in [5.74, 6) is 0. The van der Waals surface area contributed by atoms with Gasteiger partial charge in [-0.1, -0.05) is 163 Å². The van der Waals surface area contributed by atoms with Crippen molar-refractivity contribution in [3.63, 3.8) is 0 Å². The van der Waals surface area contributed by atoms with Crippen LogP contribution in [-0.2, 0) is 0 Å². The summed E-state index contributed by atoms with van der Waals surface area (Å²) >= 11 is 0. The Bertz CT molecular complexity index is 278. The second kappa shape index (κ2) is 21.7. The van der Waals surface area contributed by atoms with Crippen LogP contribution in [0.2, 0.25) is 0 Å². The third-order valence-corrected chi connectivity index (χ3v) is 6.66. The van der Waals surface area contributed by atoms with Gasteiger partial charge in [-0.25, -0.2) is 0 Å². The third-order valence-electron chi connectivity index (χ3n) is 6.66. The van der Waals surface area contributed by atoms with Crippen LogP contribution in [0.3, 0.4) is 0 Å². The van der Waals surface area contributed by atoms with E-state index < -0.39 is 0 Å². The minimum atomic E-state index is 0.584. The molecule has 28 heavy (non-hydrogen) atoms. The van der Waals surface area contributed by atoms with Crippen molar-refractivity contribution in [3.8, 4) is 0 Å². The minimum Gasteiger partial charge on any atom is -0.0654 e. The van der Waals surface area contributed by atoms with Crippen molar-refractivity contribution in [3.05, 3.63) is 0 Å². The van der Waals surface area contributed by atoms with Gasteiger partial charge in [-0.15, -0.1) is 0 Å². The lowest BCUT2D eigenvalue weighted by Crippen LogP contribution is -2.11. The predicted octanol–water partition coefficient (Wildman–Crippen LogP) is 11.0. The van der Waals surface area contributed by atoms with Gasteiger partial charge in [0.2, 0.25) is 0 Å². The zero-order valence-electron chi connectivity index (χ0n) is 20.8.